The molecule has 2 unspecified atom stereocenters. The van der Waals surface area contributed by atoms with Crippen LogP contribution in [0.1, 0.15) is 29.4 Å². The highest BCUT2D eigenvalue weighted by Gasteiger charge is 2.29. The van der Waals surface area contributed by atoms with E-state index in [1.807, 2.05) is 24.3 Å². The Morgan fingerprint density at radius 1 is 1.00 bits per heavy atom. The van der Waals surface area contributed by atoms with Crippen LogP contribution in [-0.4, -0.2) is 13.1 Å². The second-order valence-corrected chi connectivity index (χ2v) is 6.26. The molecule has 2 aromatic carbocycles. The van der Waals surface area contributed by atoms with Gasteiger partial charge in [0, 0.05) is 12.5 Å². The van der Waals surface area contributed by atoms with E-state index >= 15 is 0 Å². The van der Waals surface area contributed by atoms with Crippen molar-refractivity contribution in [2.75, 3.05) is 13.1 Å². The molecule has 1 saturated heterocycles. The number of benzene rings is 2. The molecule has 0 amide bonds. The van der Waals surface area contributed by atoms with E-state index in [0.717, 1.165) is 30.6 Å². The molecule has 0 bridgehead atoms. The van der Waals surface area contributed by atoms with Crippen LogP contribution in [0.25, 0.3) is 0 Å². The predicted molar refractivity (Wildman–Crippen MR) is 83.5 cm³/mol. The van der Waals surface area contributed by atoms with Crippen LogP contribution in [0.3, 0.4) is 0 Å². The van der Waals surface area contributed by atoms with Gasteiger partial charge in [-0.2, -0.15) is 0 Å². The van der Waals surface area contributed by atoms with Crippen LogP contribution in [0.4, 0.5) is 8.78 Å². The number of rotatable bonds is 2. The Labute approximate surface area is 131 Å². The molecule has 0 radical (unpaired) electrons. The lowest BCUT2D eigenvalue weighted by Gasteiger charge is -2.33. The molecule has 2 aromatic rings. The van der Waals surface area contributed by atoms with E-state index in [1.54, 1.807) is 6.07 Å². The van der Waals surface area contributed by atoms with Crippen LogP contribution < -0.4 is 5.32 Å². The molecule has 1 N–H and O–H groups in total. The number of piperidine rings is 1. The van der Waals surface area contributed by atoms with Crippen LogP contribution in [0.2, 0.25) is 0 Å². The Morgan fingerprint density at radius 2 is 1.81 bits per heavy atom. The third-order valence-electron chi connectivity index (χ3n) is 4.16. The van der Waals surface area contributed by atoms with Crippen molar-refractivity contribution in [3.63, 3.8) is 0 Å². The highest BCUT2D eigenvalue weighted by molar-refractivity contribution is 9.10. The van der Waals surface area contributed by atoms with E-state index < -0.39 is 0 Å². The van der Waals surface area contributed by atoms with Gasteiger partial charge in [0.05, 0.1) is 4.47 Å². The van der Waals surface area contributed by atoms with E-state index in [0.29, 0.717) is 4.47 Å². The molecular formula is C17H16BrF2N. The molecular weight excluding hydrogens is 336 g/mol. The molecule has 1 nitrogen and oxygen atoms in total. The molecule has 21 heavy (non-hydrogen) atoms. The summed E-state index contributed by atoms with van der Waals surface area (Å²) in [5.41, 5.74) is 1.79. The Morgan fingerprint density at radius 3 is 2.57 bits per heavy atom. The van der Waals surface area contributed by atoms with Crippen molar-refractivity contribution >= 4 is 15.9 Å². The van der Waals surface area contributed by atoms with E-state index in [-0.39, 0.29) is 23.5 Å². The van der Waals surface area contributed by atoms with Crippen molar-refractivity contribution in [3.05, 3.63) is 69.7 Å². The third kappa shape index (κ3) is 3.01. The van der Waals surface area contributed by atoms with E-state index in [2.05, 4.69) is 21.2 Å². The van der Waals surface area contributed by atoms with Crippen molar-refractivity contribution < 1.29 is 8.78 Å². The molecule has 1 fully saturated rings. The fourth-order valence-corrected chi connectivity index (χ4v) is 3.50. The van der Waals surface area contributed by atoms with Crippen LogP contribution in [0.15, 0.2) is 46.9 Å². The number of hydrogen-bond donors (Lipinski definition) is 1. The van der Waals surface area contributed by atoms with Gasteiger partial charge in [0.1, 0.15) is 11.6 Å². The first-order chi connectivity index (χ1) is 10.2. The molecule has 0 aromatic heterocycles. The van der Waals surface area contributed by atoms with Crippen LogP contribution in [-0.2, 0) is 0 Å². The highest BCUT2D eigenvalue weighted by atomic mass is 79.9. The molecule has 0 saturated carbocycles. The van der Waals surface area contributed by atoms with Gasteiger partial charge in [0.2, 0.25) is 0 Å². The van der Waals surface area contributed by atoms with E-state index in [9.17, 15) is 8.78 Å². The second-order valence-electron chi connectivity index (χ2n) is 5.40. The minimum absolute atomic E-state index is 0.0670. The highest BCUT2D eigenvalue weighted by Crippen LogP contribution is 2.39. The first kappa shape index (κ1) is 14.7. The first-order valence-corrected chi connectivity index (χ1v) is 7.86. The normalized spacial score (nSPS) is 22.2. The summed E-state index contributed by atoms with van der Waals surface area (Å²) in [7, 11) is 0. The lowest BCUT2D eigenvalue weighted by atomic mass is 9.77. The average Bonchev–Trinajstić information content (AvgIpc) is 2.51. The van der Waals surface area contributed by atoms with Crippen molar-refractivity contribution in [3.8, 4) is 0 Å². The molecule has 1 heterocycles. The fourth-order valence-electron chi connectivity index (χ4n) is 3.10. The fraction of sp³-hybridized carbons (Fsp3) is 0.294. The lowest BCUT2D eigenvalue weighted by Crippen LogP contribution is -2.34. The van der Waals surface area contributed by atoms with Crippen molar-refractivity contribution in [2.24, 2.45) is 0 Å². The minimum Gasteiger partial charge on any atom is -0.316 e. The standard InChI is InChI=1S/C17H16BrF2N/c18-15-9-11(5-6-17(15)20)12-7-8-21-10-14(12)13-3-1-2-4-16(13)19/h1-6,9,12,14,21H,7-8,10H2. The SMILES string of the molecule is Fc1ccc(C2CCNCC2c2ccccc2F)cc1Br. The first-order valence-electron chi connectivity index (χ1n) is 7.07. The zero-order valence-electron chi connectivity index (χ0n) is 11.5. The molecule has 0 aliphatic carbocycles. The van der Waals surface area contributed by atoms with Gasteiger partial charge >= 0.3 is 0 Å². The molecule has 0 spiro atoms. The van der Waals surface area contributed by atoms with Gasteiger partial charge < -0.3 is 5.32 Å². The quantitative estimate of drug-likeness (QED) is 0.834. The average molecular weight is 352 g/mol. The van der Waals surface area contributed by atoms with Crippen LogP contribution >= 0.6 is 15.9 Å². The Balaban J connectivity index is 1.98. The largest absolute Gasteiger partial charge is 0.316 e. The monoisotopic (exact) mass is 351 g/mol. The van der Waals surface area contributed by atoms with Crippen molar-refractivity contribution in [1.29, 1.82) is 0 Å². The molecule has 3 rings (SSSR count). The maximum Gasteiger partial charge on any atom is 0.137 e. The summed E-state index contributed by atoms with van der Waals surface area (Å²) < 4.78 is 28.0. The van der Waals surface area contributed by atoms with Gasteiger partial charge in [-0.1, -0.05) is 24.3 Å². The third-order valence-corrected chi connectivity index (χ3v) is 4.77. The summed E-state index contributed by atoms with van der Waals surface area (Å²) in [6.07, 6.45) is 0.914. The summed E-state index contributed by atoms with van der Waals surface area (Å²) in [6, 6.07) is 12.0. The summed E-state index contributed by atoms with van der Waals surface area (Å²) in [5.74, 6) is -0.176. The topological polar surface area (TPSA) is 12.0 Å². The Kier molecular flexibility index (Phi) is 4.36. The number of hydrogen-bond acceptors (Lipinski definition) is 1. The maximum absolute atomic E-state index is 14.1. The Bertz CT molecular complexity index is 644. The van der Waals surface area contributed by atoms with E-state index in [4.69, 9.17) is 0 Å². The van der Waals surface area contributed by atoms with Gasteiger partial charge in [0.25, 0.3) is 0 Å². The second kappa shape index (κ2) is 6.24. The van der Waals surface area contributed by atoms with Gasteiger partial charge in [-0.3, -0.25) is 0 Å². The summed E-state index contributed by atoms with van der Waals surface area (Å²) >= 11 is 3.24. The Hall–Kier alpha value is -1.26. The van der Waals surface area contributed by atoms with Gasteiger partial charge in [-0.05, 0) is 64.1 Å². The van der Waals surface area contributed by atoms with Crippen LogP contribution in [0.5, 0.6) is 0 Å². The zero-order valence-corrected chi connectivity index (χ0v) is 13.0. The van der Waals surface area contributed by atoms with Gasteiger partial charge in [-0.15, -0.1) is 0 Å². The van der Waals surface area contributed by atoms with Gasteiger partial charge in [-0.25, -0.2) is 8.78 Å². The molecule has 4 heteroatoms. The van der Waals surface area contributed by atoms with Crippen molar-refractivity contribution in [1.82, 2.24) is 5.32 Å². The predicted octanol–water partition coefficient (Wildman–Crippen LogP) is 4.59. The van der Waals surface area contributed by atoms with Crippen molar-refractivity contribution in [2.45, 2.75) is 18.3 Å². The maximum atomic E-state index is 14.1. The van der Waals surface area contributed by atoms with E-state index in [1.165, 1.54) is 12.1 Å². The van der Waals surface area contributed by atoms with Crippen LogP contribution in [0, 0.1) is 11.6 Å². The smallest absolute Gasteiger partial charge is 0.137 e. The number of nitrogens with one attached hydrogen (secondary N) is 1. The lowest BCUT2D eigenvalue weighted by molar-refractivity contribution is 0.393. The number of halogens is 3. The molecule has 110 valence electrons. The molecule has 2 atom stereocenters. The molecule has 1 aliphatic heterocycles. The zero-order chi connectivity index (χ0) is 14.8. The minimum atomic E-state index is -0.268. The van der Waals surface area contributed by atoms with Gasteiger partial charge in [0.15, 0.2) is 0 Å². The summed E-state index contributed by atoms with van der Waals surface area (Å²) in [6.45, 7) is 1.63. The molecule has 1 aliphatic rings. The summed E-state index contributed by atoms with van der Waals surface area (Å²) in [5, 5.41) is 3.33. The summed E-state index contributed by atoms with van der Waals surface area (Å²) in [4.78, 5) is 0.